The fourth-order valence-corrected chi connectivity index (χ4v) is 4.39. The molecule has 6 aromatic rings. The maximum Gasteiger partial charge on any atom is 0.0949 e. The molecular formula is C24H16N2. The van der Waals surface area contributed by atoms with Gasteiger partial charge in [-0.05, 0) is 53.6 Å². The van der Waals surface area contributed by atoms with Crippen molar-refractivity contribution in [3.63, 3.8) is 0 Å². The van der Waals surface area contributed by atoms with Gasteiger partial charge in [0.25, 0.3) is 0 Å². The van der Waals surface area contributed by atoms with E-state index in [1.54, 1.807) is 0 Å². The van der Waals surface area contributed by atoms with Crippen molar-refractivity contribution >= 4 is 49.0 Å². The second kappa shape index (κ2) is 4.83. The Balaban J connectivity index is 2.05. The fourth-order valence-electron chi connectivity index (χ4n) is 4.39. The highest BCUT2D eigenvalue weighted by molar-refractivity contribution is 6.18. The first-order valence-electron chi connectivity index (χ1n) is 8.92. The summed E-state index contributed by atoms with van der Waals surface area (Å²) in [5.74, 6) is 0. The summed E-state index contributed by atoms with van der Waals surface area (Å²) in [4.78, 5) is 4.76. The monoisotopic (exact) mass is 332 g/mol. The van der Waals surface area contributed by atoms with Crippen molar-refractivity contribution < 1.29 is 0 Å². The molecule has 2 heteroatoms. The zero-order chi connectivity index (χ0) is 17.3. The number of aryl methyl sites for hydroxylation is 1. The number of benzene rings is 3. The first-order chi connectivity index (χ1) is 12.8. The lowest BCUT2D eigenvalue weighted by atomic mass is 10.0. The zero-order valence-corrected chi connectivity index (χ0v) is 14.4. The molecule has 0 bridgehead atoms. The largest absolute Gasteiger partial charge is 0.307 e. The Morgan fingerprint density at radius 1 is 0.692 bits per heavy atom. The van der Waals surface area contributed by atoms with Crippen molar-refractivity contribution in [2.75, 3.05) is 0 Å². The van der Waals surface area contributed by atoms with Crippen LogP contribution < -0.4 is 0 Å². The molecule has 26 heavy (non-hydrogen) atoms. The van der Waals surface area contributed by atoms with E-state index in [0.29, 0.717) is 0 Å². The summed E-state index contributed by atoms with van der Waals surface area (Å²) >= 11 is 0. The summed E-state index contributed by atoms with van der Waals surface area (Å²) in [6.45, 7) is 2.23. The molecule has 0 fully saturated rings. The van der Waals surface area contributed by atoms with Crippen LogP contribution in [0.1, 0.15) is 5.56 Å². The molecule has 0 atom stereocenters. The Kier molecular flexibility index (Phi) is 2.57. The van der Waals surface area contributed by atoms with Gasteiger partial charge in [-0.1, -0.05) is 42.5 Å². The van der Waals surface area contributed by atoms with E-state index >= 15 is 0 Å². The van der Waals surface area contributed by atoms with Crippen LogP contribution in [0.3, 0.4) is 0 Å². The second-order valence-corrected chi connectivity index (χ2v) is 6.94. The number of rotatable bonds is 0. The lowest BCUT2D eigenvalue weighted by Gasteiger charge is -2.11. The minimum Gasteiger partial charge on any atom is -0.307 e. The van der Waals surface area contributed by atoms with Crippen LogP contribution in [-0.4, -0.2) is 9.38 Å². The van der Waals surface area contributed by atoms with E-state index in [2.05, 4.69) is 78.1 Å². The van der Waals surface area contributed by atoms with Gasteiger partial charge in [-0.25, -0.2) is 0 Å². The van der Waals surface area contributed by atoms with Crippen LogP contribution in [0.4, 0.5) is 0 Å². The molecule has 0 aliphatic heterocycles. The van der Waals surface area contributed by atoms with Crippen molar-refractivity contribution in [2.24, 2.45) is 0 Å². The minimum atomic E-state index is 1.06. The van der Waals surface area contributed by atoms with Gasteiger partial charge in [0.15, 0.2) is 0 Å². The molecule has 0 saturated carbocycles. The standard InChI is InChI=1S/C24H16N2/c1-15-18-9-4-5-10-21(18)26-22-11-6-12-25-23(22)19-13-16-7-2-3-8-17(16)14-20(19)24(15)26/h2-14H,1H3. The van der Waals surface area contributed by atoms with E-state index in [0.717, 1.165) is 11.0 Å². The molecule has 6 rings (SSSR count). The number of para-hydroxylation sites is 1. The number of hydrogen-bond donors (Lipinski definition) is 0. The number of hydrogen-bond acceptors (Lipinski definition) is 1. The van der Waals surface area contributed by atoms with Crippen molar-refractivity contribution in [2.45, 2.75) is 6.92 Å². The molecule has 0 N–H and O–H groups in total. The van der Waals surface area contributed by atoms with Gasteiger partial charge in [-0.2, -0.15) is 0 Å². The quantitative estimate of drug-likeness (QED) is 0.237. The summed E-state index contributed by atoms with van der Waals surface area (Å²) in [5.41, 5.74) is 6.07. The van der Waals surface area contributed by atoms with E-state index in [1.807, 2.05) is 12.3 Å². The normalized spacial score (nSPS) is 12.0. The molecule has 3 heterocycles. The number of fused-ring (bicyclic) bond motifs is 9. The zero-order valence-electron chi connectivity index (χ0n) is 14.4. The maximum absolute atomic E-state index is 4.76. The van der Waals surface area contributed by atoms with Crippen LogP contribution in [0.25, 0.3) is 49.0 Å². The molecule has 0 aliphatic rings. The average Bonchev–Trinajstić information content (AvgIpc) is 3.00. The molecule has 0 spiro atoms. The lowest BCUT2D eigenvalue weighted by Crippen LogP contribution is -1.93. The van der Waals surface area contributed by atoms with Gasteiger partial charge in [0.05, 0.1) is 22.1 Å². The molecule has 0 radical (unpaired) electrons. The molecular weight excluding hydrogens is 316 g/mol. The molecule has 0 amide bonds. The van der Waals surface area contributed by atoms with E-state index < -0.39 is 0 Å². The van der Waals surface area contributed by atoms with E-state index in [4.69, 9.17) is 4.98 Å². The van der Waals surface area contributed by atoms with Crippen molar-refractivity contribution in [1.82, 2.24) is 9.38 Å². The SMILES string of the molecule is Cc1c2ccccc2n2c3cccnc3c3cc4ccccc4cc3c12. The summed E-state index contributed by atoms with van der Waals surface area (Å²) in [7, 11) is 0. The Labute approximate surface area is 150 Å². The van der Waals surface area contributed by atoms with Crippen LogP contribution in [0.5, 0.6) is 0 Å². The number of nitrogens with zero attached hydrogens (tertiary/aromatic N) is 2. The summed E-state index contributed by atoms with van der Waals surface area (Å²) in [5, 5.41) is 6.31. The van der Waals surface area contributed by atoms with Crippen LogP contribution in [-0.2, 0) is 0 Å². The smallest absolute Gasteiger partial charge is 0.0949 e. The first-order valence-corrected chi connectivity index (χ1v) is 8.92. The van der Waals surface area contributed by atoms with Crippen LogP contribution in [0, 0.1) is 6.92 Å². The van der Waals surface area contributed by atoms with Gasteiger partial charge in [0.2, 0.25) is 0 Å². The Hall–Kier alpha value is -3.39. The van der Waals surface area contributed by atoms with Gasteiger partial charge in [0, 0.05) is 22.4 Å². The molecule has 2 nitrogen and oxygen atoms in total. The van der Waals surface area contributed by atoms with Crippen molar-refractivity contribution in [3.05, 3.63) is 84.6 Å². The second-order valence-electron chi connectivity index (χ2n) is 6.94. The highest BCUT2D eigenvalue weighted by Crippen LogP contribution is 2.37. The molecule has 122 valence electrons. The van der Waals surface area contributed by atoms with E-state index in [1.165, 1.54) is 43.5 Å². The predicted octanol–water partition coefficient (Wildman–Crippen LogP) is 6.26. The van der Waals surface area contributed by atoms with Gasteiger partial charge < -0.3 is 4.40 Å². The van der Waals surface area contributed by atoms with Crippen molar-refractivity contribution in [3.8, 4) is 0 Å². The molecule has 0 unspecified atom stereocenters. The Morgan fingerprint density at radius 2 is 1.38 bits per heavy atom. The summed E-state index contributed by atoms with van der Waals surface area (Å²) < 4.78 is 2.38. The third-order valence-electron chi connectivity index (χ3n) is 5.55. The van der Waals surface area contributed by atoms with E-state index in [9.17, 15) is 0 Å². The third kappa shape index (κ3) is 1.64. The minimum absolute atomic E-state index is 1.06. The van der Waals surface area contributed by atoms with Crippen molar-refractivity contribution in [1.29, 1.82) is 0 Å². The van der Waals surface area contributed by atoms with Gasteiger partial charge in [0.1, 0.15) is 0 Å². The van der Waals surface area contributed by atoms with Gasteiger partial charge in [-0.15, -0.1) is 0 Å². The van der Waals surface area contributed by atoms with Crippen LogP contribution in [0.15, 0.2) is 79.0 Å². The lowest BCUT2D eigenvalue weighted by molar-refractivity contribution is 1.30. The van der Waals surface area contributed by atoms with Gasteiger partial charge in [-0.3, -0.25) is 4.98 Å². The van der Waals surface area contributed by atoms with E-state index in [-0.39, 0.29) is 0 Å². The highest BCUT2D eigenvalue weighted by atomic mass is 14.9. The predicted molar refractivity (Wildman–Crippen MR) is 110 cm³/mol. The first kappa shape index (κ1) is 13.9. The molecule has 3 aromatic carbocycles. The Morgan fingerprint density at radius 3 is 2.23 bits per heavy atom. The summed E-state index contributed by atoms with van der Waals surface area (Å²) in [6, 6.07) is 26.0. The number of aromatic nitrogens is 2. The number of pyridine rings is 2. The molecule has 3 aromatic heterocycles. The van der Waals surface area contributed by atoms with Gasteiger partial charge >= 0.3 is 0 Å². The molecule has 0 saturated heterocycles. The molecule has 0 aliphatic carbocycles. The average molecular weight is 332 g/mol. The third-order valence-corrected chi connectivity index (χ3v) is 5.55. The summed E-state index contributed by atoms with van der Waals surface area (Å²) in [6.07, 6.45) is 1.89. The topological polar surface area (TPSA) is 17.3 Å². The fraction of sp³-hybridized carbons (Fsp3) is 0.0417. The maximum atomic E-state index is 4.76. The highest BCUT2D eigenvalue weighted by Gasteiger charge is 2.16. The Bertz CT molecular complexity index is 1490. The van der Waals surface area contributed by atoms with Crippen LogP contribution >= 0.6 is 0 Å². The van der Waals surface area contributed by atoms with Crippen LogP contribution in [0.2, 0.25) is 0 Å².